The summed E-state index contributed by atoms with van der Waals surface area (Å²) in [5.41, 5.74) is 11.6. The molecule has 14 nitrogen and oxygen atoms in total. The number of benzene rings is 2. The number of hydrogen-bond donors (Lipinski definition) is 3. The van der Waals surface area contributed by atoms with Crippen LogP contribution in [0.1, 0.15) is 97.1 Å². The third-order valence-electron chi connectivity index (χ3n) is 13.7. The average Bonchev–Trinajstić information content (AvgIpc) is 4.02. The van der Waals surface area contributed by atoms with Gasteiger partial charge in [0.05, 0.1) is 54.7 Å². The summed E-state index contributed by atoms with van der Waals surface area (Å²) in [6, 6.07) is 13.5. The number of allylic oxidation sites excluding steroid dienone is 4. The van der Waals surface area contributed by atoms with Crippen LogP contribution in [0.4, 0.5) is 20.2 Å². The number of piperidine rings is 2. The van der Waals surface area contributed by atoms with Crippen molar-refractivity contribution in [3.63, 3.8) is 0 Å². The molecule has 0 spiro atoms. The second kappa shape index (κ2) is 24.1. The van der Waals surface area contributed by atoms with Gasteiger partial charge in [0.25, 0.3) is 5.91 Å². The topological polar surface area (TPSA) is 135 Å². The molecule has 372 valence electrons. The van der Waals surface area contributed by atoms with E-state index in [0.717, 1.165) is 116 Å². The van der Waals surface area contributed by atoms with Crippen LogP contribution in [0.5, 0.6) is 5.75 Å². The maximum atomic E-state index is 16.0. The summed E-state index contributed by atoms with van der Waals surface area (Å²) in [5.74, 6) is 3.75. The summed E-state index contributed by atoms with van der Waals surface area (Å²) in [6.07, 6.45) is 12.4. The van der Waals surface area contributed by atoms with Crippen LogP contribution < -0.4 is 31.5 Å². The molecule has 17 heteroatoms. The van der Waals surface area contributed by atoms with Crippen molar-refractivity contribution < 1.29 is 18.4 Å². The molecule has 2 fully saturated rings. The van der Waals surface area contributed by atoms with Gasteiger partial charge in [0.2, 0.25) is 5.43 Å². The molecule has 70 heavy (non-hydrogen) atoms. The normalized spacial score (nSPS) is 21.0. The van der Waals surface area contributed by atoms with Gasteiger partial charge in [-0.1, -0.05) is 42.8 Å². The van der Waals surface area contributed by atoms with E-state index >= 15 is 4.39 Å². The number of rotatable bonds is 11. The summed E-state index contributed by atoms with van der Waals surface area (Å²) >= 11 is 0. The standard InChI is InChI=1S/C47H57F2N10O2P.C4H5NO.C2H6/c1-31-23-38(55(3)51-16-10-41(31)53-49)29-57-19-13-34(14-20-57)46-40(48)24-36(26-45(46)62)47(60)58-21-22-59-39(30-58)27-37(54-59)28-56-17-11-33(12-18-56)35-8-9-43(44(25-35)61-4)52-42-7-5-6-15-50-32(42)2;1-5-3-2-4(3)6;1-2/h6,8-10,16,23-27,33-34,42,51-52H,1-2,5,7,11-14,17-22,28-30,62H2,3-4H3;2,5H,1H3;1-2H3/b16-10-,38-23-,53-41-;;. The van der Waals surface area contributed by atoms with Gasteiger partial charge in [-0.05, 0) is 153 Å². The first-order chi connectivity index (χ1) is 33.9. The molecule has 0 aliphatic carbocycles. The van der Waals surface area contributed by atoms with Gasteiger partial charge in [-0.3, -0.25) is 29.1 Å². The highest BCUT2D eigenvalue weighted by Gasteiger charge is 2.30. The van der Waals surface area contributed by atoms with Crippen LogP contribution in [0.3, 0.4) is 0 Å². The number of nitrogens with zero attached hydrogens (tertiary/aromatic N) is 8. The predicted molar refractivity (Wildman–Crippen MR) is 281 cm³/mol. The van der Waals surface area contributed by atoms with Crippen molar-refractivity contribution in [2.75, 3.05) is 71.1 Å². The van der Waals surface area contributed by atoms with E-state index in [9.17, 15) is 14.1 Å². The van der Waals surface area contributed by atoms with Crippen LogP contribution in [-0.4, -0.2) is 113 Å². The molecule has 1 amide bonds. The number of anilines is 2. The minimum atomic E-state index is -0.335. The molecule has 5 aliphatic heterocycles. The van der Waals surface area contributed by atoms with E-state index in [1.54, 1.807) is 37.4 Å². The second-order valence-electron chi connectivity index (χ2n) is 18.1. The van der Waals surface area contributed by atoms with Crippen molar-refractivity contribution in [3.8, 4) is 5.75 Å². The van der Waals surface area contributed by atoms with E-state index in [1.807, 2.05) is 48.8 Å². The van der Waals surface area contributed by atoms with Crippen molar-refractivity contribution in [1.29, 1.82) is 0 Å². The Balaban J connectivity index is 0.000000830. The van der Waals surface area contributed by atoms with Crippen molar-refractivity contribution in [2.45, 2.75) is 89.9 Å². The highest BCUT2D eigenvalue weighted by Crippen LogP contribution is 2.36. The number of methoxy groups -OCH3 is 1. The molecule has 2 unspecified atom stereocenters. The zero-order chi connectivity index (χ0) is 49.9. The fourth-order valence-electron chi connectivity index (χ4n) is 9.64. The molecular weight excluding hydrogens is 908 g/mol. The number of nitrogens with one attached hydrogen (secondary N) is 3. The molecule has 2 saturated heterocycles. The Kier molecular flexibility index (Phi) is 17.8. The number of aromatic nitrogens is 2. The van der Waals surface area contributed by atoms with Gasteiger partial charge in [0.15, 0.2) is 0 Å². The summed E-state index contributed by atoms with van der Waals surface area (Å²) in [5, 5.41) is 16.6. The number of carbonyl (C=O) groups is 1. The van der Waals surface area contributed by atoms with Gasteiger partial charge >= 0.3 is 0 Å². The van der Waals surface area contributed by atoms with E-state index < -0.39 is 0 Å². The van der Waals surface area contributed by atoms with E-state index in [1.165, 1.54) is 11.6 Å². The third-order valence-corrected chi connectivity index (χ3v) is 14.1. The average molecular weight is 976 g/mol. The second-order valence-corrected chi connectivity index (χ2v) is 18.8. The smallest absolute Gasteiger partial charge is 0.254 e. The van der Waals surface area contributed by atoms with Crippen molar-refractivity contribution in [1.82, 2.24) is 34.9 Å². The molecule has 3 aromatic carbocycles. The number of hydrogen-bond acceptors (Lipinski definition) is 12. The Labute approximate surface area is 413 Å². The van der Waals surface area contributed by atoms with E-state index in [4.69, 9.17) is 9.84 Å². The number of ether oxygens (including phenoxy) is 1. The Bertz CT molecular complexity index is 2650. The lowest BCUT2D eigenvalue weighted by molar-refractivity contribution is 0.0705. The van der Waals surface area contributed by atoms with Gasteiger partial charge in [0.1, 0.15) is 17.3 Å². The summed E-state index contributed by atoms with van der Waals surface area (Å²) in [4.78, 5) is 34.7. The van der Waals surface area contributed by atoms with Crippen LogP contribution >= 0.6 is 9.24 Å². The first-order valence-electron chi connectivity index (χ1n) is 24.4. The minimum Gasteiger partial charge on any atom is -0.495 e. The molecule has 0 saturated carbocycles. The number of amides is 1. The zero-order valence-corrected chi connectivity index (χ0v) is 42.4. The van der Waals surface area contributed by atoms with Crippen molar-refractivity contribution in [2.24, 2.45) is 10.2 Å². The Morgan fingerprint density at radius 2 is 1.69 bits per heavy atom. The number of halogens is 2. The lowest BCUT2D eigenvalue weighted by atomic mass is 9.88. The van der Waals surface area contributed by atoms with Crippen LogP contribution in [0.25, 0.3) is 0 Å². The highest BCUT2D eigenvalue weighted by molar-refractivity contribution is 7.27. The minimum absolute atomic E-state index is 0.0333. The molecule has 5 aliphatic rings. The van der Waals surface area contributed by atoms with Gasteiger partial charge in [-0.25, -0.2) is 9.38 Å². The van der Waals surface area contributed by atoms with Crippen LogP contribution in [0.15, 0.2) is 112 Å². The number of hydrazine groups is 1. The number of likely N-dealkylation sites (N-methyl/N-ethyl adjacent to an activating group) is 1. The fourth-order valence-corrected chi connectivity index (χ4v) is 10.2. The van der Waals surface area contributed by atoms with E-state index in [-0.39, 0.29) is 34.8 Å². The van der Waals surface area contributed by atoms with Gasteiger partial charge in [0, 0.05) is 57.3 Å². The largest absolute Gasteiger partial charge is 0.495 e. The number of aliphatic imine (C=N–C) groups is 1. The summed E-state index contributed by atoms with van der Waals surface area (Å²) in [7, 11) is 8.04. The molecule has 0 radical (unpaired) electrons. The van der Waals surface area contributed by atoms with Gasteiger partial charge in [-0.15, -0.1) is 9.24 Å². The summed E-state index contributed by atoms with van der Waals surface area (Å²) < 4.78 is 36.9. The maximum absolute atomic E-state index is 16.0. The first-order valence-corrected chi connectivity index (χ1v) is 25.0. The first kappa shape index (κ1) is 51.7. The van der Waals surface area contributed by atoms with Crippen LogP contribution in [0.2, 0.25) is 0 Å². The van der Waals surface area contributed by atoms with Crippen molar-refractivity contribution >= 4 is 43.4 Å². The number of likely N-dealkylation sites (tertiary alicyclic amines) is 2. The van der Waals surface area contributed by atoms with E-state index in [2.05, 4.69) is 88.6 Å². The third kappa shape index (κ3) is 12.8. The Hall–Kier alpha value is -6.18. The molecule has 4 aromatic rings. The van der Waals surface area contributed by atoms with Crippen LogP contribution in [0, 0.1) is 5.82 Å². The molecule has 1 aromatic heterocycles. The Morgan fingerprint density at radius 1 is 0.971 bits per heavy atom. The van der Waals surface area contributed by atoms with E-state index in [0.29, 0.717) is 48.8 Å². The monoisotopic (exact) mass is 976 g/mol. The zero-order valence-electron chi connectivity index (χ0n) is 41.2. The SMILES string of the molecule is C=C1/C=C(/CN2CCC(c3c(F)cc(C(=O)N4CCn5nc(CN6CCC(c7ccc(NC8CCC=C=NC8=C)c(OC)c7)CC6)cc5C4)cc3P)CC2)N(C)N/C=C\C1=N\F.CC.CNc1cc1=O. The molecule has 6 heterocycles. The quantitative estimate of drug-likeness (QED) is 0.128. The molecule has 3 N–H and O–H groups in total. The Morgan fingerprint density at radius 3 is 2.34 bits per heavy atom. The van der Waals surface area contributed by atoms with Gasteiger partial charge < -0.3 is 25.7 Å². The fraction of sp³-hybridized carbons (Fsp3) is 0.434. The number of carbonyl (C=O) groups excluding carboxylic acids is 1. The summed E-state index contributed by atoms with van der Waals surface area (Å²) in [6.45, 7) is 18.5. The van der Waals surface area contributed by atoms with Crippen LogP contribution in [-0.2, 0) is 19.6 Å². The number of fused-ring (bicyclic) bond motifs is 1. The predicted octanol–water partition coefficient (Wildman–Crippen LogP) is 7.78. The molecule has 9 rings (SSSR count). The molecule has 0 bridgehead atoms. The highest BCUT2D eigenvalue weighted by atomic mass is 31.0. The lowest BCUT2D eigenvalue weighted by Crippen LogP contribution is -2.41. The van der Waals surface area contributed by atoms with Crippen molar-refractivity contribution in [3.05, 3.63) is 141 Å². The molecular formula is C53H68F2N11O3P. The maximum Gasteiger partial charge on any atom is 0.254 e. The molecule has 2 atom stereocenters. The lowest BCUT2D eigenvalue weighted by Gasteiger charge is -2.35. The van der Waals surface area contributed by atoms with Gasteiger partial charge in [-0.2, -0.15) is 5.10 Å².